The van der Waals surface area contributed by atoms with Gasteiger partial charge in [0, 0.05) is 31.6 Å². The Morgan fingerprint density at radius 3 is 2.68 bits per heavy atom. The topological polar surface area (TPSA) is 41.6 Å². The Kier molecular flexibility index (Phi) is 5.03. The molecule has 122 valence electrons. The molecule has 0 saturated carbocycles. The number of amides is 1. The van der Waals surface area contributed by atoms with Crippen LogP contribution in [0.3, 0.4) is 0 Å². The first-order chi connectivity index (χ1) is 9.97. The fourth-order valence-electron chi connectivity index (χ4n) is 3.20. The smallest absolute Gasteiger partial charge is 0.264 e. The highest BCUT2D eigenvalue weighted by Crippen LogP contribution is 2.32. The monoisotopic (exact) mass is 324 g/mol. The third kappa shape index (κ3) is 2.95. The molecule has 0 spiro atoms. The van der Waals surface area contributed by atoms with Gasteiger partial charge in [-0.3, -0.25) is 4.79 Å². The van der Waals surface area contributed by atoms with Gasteiger partial charge in [-0.25, -0.2) is 0 Å². The summed E-state index contributed by atoms with van der Waals surface area (Å²) in [5.74, 6) is 1.01. The van der Waals surface area contributed by atoms with Crippen LogP contribution in [0.1, 0.15) is 30.5 Å². The Morgan fingerprint density at radius 2 is 1.95 bits per heavy atom. The van der Waals surface area contributed by atoms with Gasteiger partial charge in [0.05, 0.1) is 0 Å². The second-order valence-electron chi connectivity index (χ2n) is 6.37. The molecule has 1 aromatic carbocycles. The van der Waals surface area contributed by atoms with Crippen LogP contribution in [-0.4, -0.2) is 42.1 Å². The third-order valence-electron chi connectivity index (χ3n) is 4.94. The molecule has 2 heterocycles. The van der Waals surface area contributed by atoms with E-state index in [1.807, 2.05) is 4.90 Å². The molecular formula is C17H25ClN2O2. The molecule has 22 heavy (non-hydrogen) atoms. The lowest BCUT2D eigenvalue weighted by molar-refractivity contribution is -0.141. The number of fused-ring (bicyclic) bond motifs is 1. The number of rotatable bonds is 1. The molecule has 3 rings (SSSR count). The van der Waals surface area contributed by atoms with Crippen molar-refractivity contribution in [3.05, 3.63) is 28.8 Å². The van der Waals surface area contributed by atoms with Crippen LogP contribution in [0.25, 0.3) is 0 Å². The van der Waals surface area contributed by atoms with Crippen molar-refractivity contribution in [1.29, 1.82) is 0 Å². The van der Waals surface area contributed by atoms with Gasteiger partial charge in [-0.2, -0.15) is 0 Å². The average molecular weight is 325 g/mol. The van der Waals surface area contributed by atoms with Crippen molar-refractivity contribution in [2.45, 2.75) is 52.3 Å². The summed E-state index contributed by atoms with van der Waals surface area (Å²) >= 11 is 0. The summed E-state index contributed by atoms with van der Waals surface area (Å²) in [5.41, 5.74) is 3.63. The maximum absolute atomic E-state index is 12.8. The van der Waals surface area contributed by atoms with Gasteiger partial charge in [0.15, 0.2) is 6.10 Å². The number of aryl methyl sites for hydroxylation is 2. The fraction of sp³-hybridized carbons (Fsp3) is 0.588. The fourth-order valence-corrected chi connectivity index (χ4v) is 3.20. The zero-order chi connectivity index (χ0) is 15.1. The molecule has 1 aromatic rings. The second kappa shape index (κ2) is 6.47. The number of carbonyl (C=O) groups excluding carboxylic acids is 1. The maximum Gasteiger partial charge on any atom is 0.264 e. The Balaban J connectivity index is 0.00000176. The van der Waals surface area contributed by atoms with Gasteiger partial charge >= 0.3 is 0 Å². The van der Waals surface area contributed by atoms with Crippen molar-refractivity contribution in [3.8, 4) is 5.75 Å². The van der Waals surface area contributed by atoms with E-state index in [1.165, 1.54) is 11.1 Å². The van der Waals surface area contributed by atoms with E-state index in [0.717, 1.165) is 24.4 Å². The molecule has 3 unspecified atom stereocenters. The van der Waals surface area contributed by atoms with E-state index < -0.39 is 0 Å². The molecule has 2 aliphatic rings. The van der Waals surface area contributed by atoms with Crippen molar-refractivity contribution in [2.75, 3.05) is 13.1 Å². The second-order valence-corrected chi connectivity index (χ2v) is 6.37. The number of piperazine rings is 1. The van der Waals surface area contributed by atoms with Gasteiger partial charge in [-0.15, -0.1) is 12.4 Å². The number of carbonyl (C=O) groups is 1. The first kappa shape index (κ1) is 17.1. The van der Waals surface area contributed by atoms with Crippen molar-refractivity contribution < 1.29 is 9.53 Å². The molecule has 0 radical (unpaired) electrons. The molecule has 1 fully saturated rings. The lowest BCUT2D eigenvalue weighted by atomic mass is 10.0. The number of benzene rings is 1. The van der Waals surface area contributed by atoms with Gasteiger partial charge in [0.1, 0.15) is 5.75 Å². The van der Waals surface area contributed by atoms with E-state index >= 15 is 0 Å². The summed E-state index contributed by atoms with van der Waals surface area (Å²) in [4.78, 5) is 14.7. The molecular weight excluding hydrogens is 300 g/mol. The lowest BCUT2D eigenvalue weighted by Crippen LogP contribution is -2.59. The molecule has 0 bridgehead atoms. The van der Waals surface area contributed by atoms with Crippen LogP contribution in [0.15, 0.2) is 12.1 Å². The molecule has 4 nitrogen and oxygen atoms in total. The molecule has 3 atom stereocenters. The predicted molar refractivity (Wildman–Crippen MR) is 89.9 cm³/mol. The minimum atomic E-state index is -0.353. The van der Waals surface area contributed by atoms with Gasteiger partial charge in [-0.05, 0) is 50.5 Å². The standard InChI is InChI=1S/C17H24N2O2.ClH/c1-10-7-14-9-16(21-15(14)8-11(10)2)17(20)19-6-5-18-12(3)13(19)4;/h7-8,12-13,16,18H,5-6,9H2,1-4H3;1H. The van der Waals surface area contributed by atoms with Crippen LogP contribution < -0.4 is 10.1 Å². The number of hydrogen-bond donors (Lipinski definition) is 1. The molecule has 0 aliphatic carbocycles. The molecule has 0 aromatic heterocycles. The van der Waals surface area contributed by atoms with Crippen molar-refractivity contribution in [1.82, 2.24) is 10.2 Å². The van der Waals surface area contributed by atoms with Crippen LogP contribution in [0.4, 0.5) is 0 Å². The Morgan fingerprint density at radius 1 is 1.27 bits per heavy atom. The van der Waals surface area contributed by atoms with Crippen LogP contribution in [0.5, 0.6) is 5.75 Å². The number of hydrogen-bond acceptors (Lipinski definition) is 3. The number of nitrogens with zero attached hydrogens (tertiary/aromatic N) is 1. The van der Waals surface area contributed by atoms with E-state index in [4.69, 9.17) is 4.74 Å². The van der Waals surface area contributed by atoms with Crippen molar-refractivity contribution >= 4 is 18.3 Å². The third-order valence-corrected chi connectivity index (χ3v) is 4.94. The zero-order valence-electron chi connectivity index (χ0n) is 13.7. The van der Waals surface area contributed by atoms with Crippen LogP contribution in [0.2, 0.25) is 0 Å². The van der Waals surface area contributed by atoms with Crippen LogP contribution in [0, 0.1) is 13.8 Å². The molecule has 1 saturated heterocycles. The highest BCUT2D eigenvalue weighted by Gasteiger charge is 2.36. The summed E-state index contributed by atoms with van der Waals surface area (Å²) in [6, 6.07) is 4.75. The van der Waals surface area contributed by atoms with E-state index in [1.54, 1.807) is 0 Å². The number of nitrogens with one attached hydrogen (secondary N) is 1. The summed E-state index contributed by atoms with van der Waals surface area (Å²) in [7, 11) is 0. The van der Waals surface area contributed by atoms with Crippen molar-refractivity contribution in [3.63, 3.8) is 0 Å². The maximum atomic E-state index is 12.8. The van der Waals surface area contributed by atoms with Crippen molar-refractivity contribution in [2.24, 2.45) is 0 Å². The Bertz CT molecular complexity index is 545. The summed E-state index contributed by atoms with van der Waals surface area (Å²) in [6.07, 6.45) is 0.342. The zero-order valence-corrected chi connectivity index (χ0v) is 14.5. The largest absolute Gasteiger partial charge is 0.480 e. The molecule has 2 aliphatic heterocycles. The van der Waals surface area contributed by atoms with Crippen LogP contribution in [-0.2, 0) is 11.2 Å². The number of ether oxygens (including phenoxy) is 1. The van der Waals surface area contributed by atoms with E-state index in [2.05, 4.69) is 45.1 Å². The van der Waals surface area contributed by atoms with Gasteiger partial charge in [-0.1, -0.05) is 6.07 Å². The van der Waals surface area contributed by atoms with Gasteiger partial charge in [0.25, 0.3) is 5.91 Å². The summed E-state index contributed by atoms with van der Waals surface area (Å²) in [6.45, 7) is 10.0. The number of halogens is 1. The molecule has 1 N–H and O–H groups in total. The van der Waals surface area contributed by atoms with E-state index in [-0.39, 0.29) is 30.5 Å². The lowest BCUT2D eigenvalue weighted by Gasteiger charge is -2.39. The average Bonchev–Trinajstić information content (AvgIpc) is 2.84. The minimum Gasteiger partial charge on any atom is -0.480 e. The highest BCUT2D eigenvalue weighted by molar-refractivity contribution is 5.85. The highest BCUT2D eigenvalue weighted by atomic mass is 35.5. The summed E-state index contributed by atoms with van der Waals surface area (Å²) in [5, 5.41) is 3.40. The Labute approximate surface area is 138 Å². The quantitative estimate of drug-likeness (QED) is 0.861. The van der Waals surface area contributed by atoms with E-state index in [0.29, 0.717) is 12.5 Å². The first-order valence-corrected chi connectivity index (χ1v) is 7.78. The summed E-state index contributed by atoms with van der Waals surface area (Å²) < 4.78 is 5.93. The predicted octanol–water partition coefficient (Wildman–Crippen LogP) is 2.24. The normalized spacial score (nSPS) is 26.9. The van der Waals surface area contributed by atoms with Gasteiger partial charge in [0.2, 0.25) is 0 Å². The van der Waals surface area contributed by atoms with Gasteiger partial charge < -0.3 is 15.0 Å². The SMILES string of the molecule is Cc1cc2c(cc1C)OC(C(=O)N1CCNC(C)C1C)C2.Cl. The van der Waals surface area contributed by atoms with E-state index in [9.17, 15) is 4.79 Å². The first-order valence-electron chi connectivity index (χ1n) is 7.78. The molecule has 5 heteroatoms. The Hall–Kier alpha value is -1.26. The minimum absolute atomic E-state index is 0. The molecule has 1 amide bonds. The van der Waals surface area contributed by atoms with Crippen LogP contribution >= 0.6 is 12.4 Å².